The van der Waals surface area contributed by atoms with Crippen molar-refractivity contribution in [3.05, 3.63) is 24.3 Å². The van der Waals surface area contributed by atoms with Gasteiger partial charge < -0.3 is 9.47 Å². The first kappa shape index (κ1) is 19.7. The third kappa shape index (κ3) is 4.64. The zero-order valence-corrected chi connectivity index (χ0v) is 17.0. The van der Waals surface area contributed by atoms with Crippen molar-refractivity contribution in [2.24, 2.45) is 5.92 Å². The van der Waals surface area contributed by atoms with Gasteiger partial charge in [0.1, 0.15) is 5.75 Å². The second kappa shape index (κ2) is 9.26. The first-order valence-corrected chi connectivity index (χ1v) is 10.5. The largest absolute Gasteiger partial charge is 0.497 e. The molecule has 2 atom stereocenters. The van der Waals surface area contributed by atoms with E-state index in [1.165, 1.54) is 31.0 Å². The Labute approximate surface area is 164 Å². The molecule has 2 aromatic rings. The van der Waals surface area contributed by atoms with Crippen molar-refractivity contribution >= 4 is 17.7 Å². The number of rotatable bonds is 7. The maximum absolute atomic E-state index is 11.8. The first-order valence-electron chi connectivity index (χ1n) is 9.51. The highest BCUT2D eigenvalue weighted by molar-refractivity contribution is 7.99. The van der Waals surface area contributed by atoms with Crippen LogP contribution in [0.4, 0.5) is 0 Å². The predicted octanol–water partition coefficient (Wildman–Crippen LogP) is 4.36. The molecule has 1 aromatic heterocycles. The maximum Gasteiger partial charge on any atom is 0.316 e. The molecule has 0 unspecified atom stereocenters. The van der Waals surface area contributed by atoms with E-state index in [2.05, 4.69) is 21.7 Å². The lowest BCUT2D eigenvalue weighted by atomic mass is 9.85. The molecule has 0 saturated heterocycles. The number of methoxy groups -OCH3 is 1. The van der Waals surface area contributed by atoms with E-state index < -0.39 is 0 Å². The molecule has 146 valence electrons. The van der Waals surface area contributed by atoms with Crippen LogP contribution in [0.15, 0.2) is 29.4 Å². The smallest absolute Gasteiger partial charge is 0.316 e. The average Bonchev–Trinajstić information content (AvgIpc) is 3.11. The normalized spacial score (nSPS) is 19.7. The number of hydrogen-bond acceptors (Lipinski definition) is 6. The Balaban J connectivity index is 1.93. The molecule has 1 saturated carbocycles. The molecule has 3 rings (SSSR count). The molecule has 0 radical (unpaired) electrons. The zero-order chi connectivity index (χ0) is 19.2. The van der Waals surface area contributed by atoms with Gasteiger partial charge in [-0.2, -0.15) is 0 Å². The van der Waals surface area contributed by atoms with Gasteiger partial charge in [0, 0.05) is 11.6 Å². The second-order valence-electron chi connectivity index (χ2n) is 6.83. The van der Waals surface area contributed by atoms with Gasteiger partial charge in [0.2, 0.25) is 0 Å². The molecule has 0 N–H and O–H groups in total. The Morgan fingerprint density at radius 1 is 1.22 bits per heavy atom. The topological polar surface area (TPSA) is 66.2 Å². The number of carbonyl (C=O) groups is 1. The summed E-state index contributed by atoms with van der Waals surface area (Å²) in [5.41, 5.74) is 1.00. The zero-order valence-electron chi connectivity index (χ0n) is 16.2. The predicted molar refractivity (Wildman–Crippen MR) is 106 cm³/mol. The summed E-state index contributed by atoms with van der Waals surface area (Å²) in [6.07, 6.45) is 4.78. The third-order valence-corrected chi connectivity index (χ3v) is 5.95. The van der Waals surface area contributed by atoms with Crippen LogP contribution >= 0.6 is 11.8 Å². The molecule has 1 aromatic carbocycles. The van der Waals surface area contributed by atoms with Crippen molar-refractivity contribution in [2.75, 3.05) is 19.5 Å². The lowest BCUT2D eigenvalue weighted by Gasteiger charge is -2.31. The van der Waals surface area contributed by atoms with Gasteiger partial charge in [-0.05, 0) is 49.9 Å². The molecule has 7 heteroatoms. The van der Waals surface area contributed by atoms with Gasteiger partial charge in [-0.15, -0.1) is 10.2 Å². The highest BCUT2D eigenvalue weighted by atomic mass is 32.2. The summed E-state index contributed by atoms with van der Waals surface area (Å²) in [6, 6.07) is 8.23. The third-order valence-electron chi connectivity index (χ3n) is 5.04. The number of benzene rings is 1. The highest BCUT2D eigenvalue weighted by Crippen LogP contribution is 2.39. The van der Waals surface area contributed by atoms with Crippen LogP contribution in [0.1, 0.15) is 45.6 Å². The van der Waals surface area contributed by atoms with Gasteiger partial charge in [0.05, 0.1) is 19.5 Å². The van der Waals surface area contributed by atoms with Crippen LogP contribution in [0.3, 0.4) is 0 Å². The van der Waals surface area contributed by atoms with Crippen LogP contribution in [0.2, 0.25) is 0 Å². The van der Waals surface area contributed by atoms with Crippen molar-refractivity contribution in [1.29, 1.82) is 0 Å². The maximum atomic E-state index is 11.8. The fraction of sp³-hybridized carbons (Fsp3) is 0.550. The molecular formula is C20H27N3O3S. The van der Waals surface area contributed by atoms with Crippen LogP contribution in [0, 0.1) is 5.92 Å². The van der Waals surface area contributed by atoms with Crippen LogP contribution in [0.5, 0.6) is 5.75 Å². The average molecular weight is 390 g/mol. The van der Waals surface area contributed by atoms with Crippen molar-refractivity contribution in [3.8, 4) is 17.1 Å². The summed E-state index contributed by atoms with van der Waals surface area (Å²) in [6.45, 7) is 4.50. The monoisotopic (exact) mass is 389 g/mol. The standard InChI is InChI=1S/C20H27N3O3S/c1-4-26-18(24)13-27-20-22-21-19(15-9-11-16(25-3)12-10-15)23(20)17-8-6-5-7-14(17)2/h9-12,14,17H,4-8,13H2,1-3H3/t14-,17+/m0/s1. The summed E-state index contributed by atoms with van der Waals surface area (Å²) in [4.78, 5) is 11.8. The molecule has 6 nitrogen and oxygen atoms in total. The van der Waals surface area contributed by atoms with Gasteiger partial charge >= 0.3 is 5.97 Å². The lowest BCUT2D eigenvalue weighted by Crippen LogP contribution is -2.23. The van der Waals surface area contributed by atoms with Crippen LogP contribution in [-0.4, -0.2) is 40.2 Å². The Bertz CT molecular complexity index is 760. The van der Waals surface area contributed by atoms with Gasteiger partial charge in [0.15, 0.2) is 11.0 Å². The van der Waals surface area contributed by atoms with Crippen molar-refractivity contribution in [3.63, 3.8) is 0 Å². The summed E-state index contributed by atoms with van der Waals surface area (Å²) in [5.74, 6) is 2.24. The summed E-state index contributed by atoms with van der Waals surface area (Å²) in [7, 11) is 1.66. The molecule has 1 heterocycles. The van der Waals surface area contributed by atoms with Crippen molar-refractivity contribution < 1.29 is 14.3 Å². The van der Waals surface area contributed by atoms with Gasteiger partial charge in [-0.1, -0.05) is 31.5 Å². The van der Waals surface area contributed by atoms with E-state index in [1.54, 1.807) is 7.11 Å². The summed E-state index contributed by atoms with van der Waals surface area (Å²) < 4.78 is 12.6. The highest BCUT2D eigenvalue weighted by Gasteiger charge is 2.29. The first-order chi connectivity index (χ1) is 13.1. The molecule has 27 heavy (non-hydrogen) atoms. The SMILES string of the molecule is CCOC(=O)CSc1nnc(-c2ccc(OC)cc2)n1[C@@H]1CCCC[C@@H]1C. The van der Waals surface area contributed by atoms with Crippen molar-refractivity contribution in [2.45, 2.75) is 50.7 Å². The minimum atomic E-state index is -0.222. The minimum Gasteiger partial charge on any atom is -0.497 e. The number of hydrogen-bond donors (Lipinski definition) is 0. The molecule has 0 amide bonds. The summed E-state index contributed by atoms with van der Waals surface area (Å²) >= 11 is 1.40. The molecule has 1 aliphatic rings. The van der Waals surface area contributed by atoms with E-state index in [4.69, 9.17) is 9.47 Å². The molecular weight excluding hydrogens is 362 g/mol. The molecule has 0 aliphatic heterocycles. The molecule has 0 spiro atoms. The Morgan fingerprint density at radius 3 is 2.63 bits per heavy atom. The van der Waals surface area contributed by atoms with Crippen LogP contribution in [0.25, 0.3) is 11.4 Å². The number of thioether (sulfide) groups is 1. The Kier molecular flexibility index (Phi) is 6.77. The molecule has 1 fully saturated rings. The fourth-order valence-corrected chi connectivity index (χ4v) is 4.41. The van der Waals surface area contributed by atoms with Gasteiger partial charge in [-0.25, -0.2) is 0 Å². The van der Waals surface area contributed by atoms with E-state index in [0.717, 1.165) is 28.7 Å². The number of nitrogens with zero attached hydrogens (tertiary/aromatic N) is 3. The minimum absolute atomic E-state index is 0.222. The Hall–Kier alpha value is -2.02. The number of aromatic nitrogens is 3. The van der Waals surface area contributed by atoms with E-state index >= 15 is 0 Å². The van der Waals surface area contributed by atoms with E-state index in [1.807, 2.05) is 31.2 Å². The van der Waals surface area contributed by atoms with E-state index in [-0.39, 0.29) is 11.7 Å². The van der Waals surface area contributed by atoms with Gasteiger partial charge in [-0.3, -0.25) is 9.36 Å². The van der Waals surface area contributed by atoms with E-state index in [0.29, 0.717) is 18.6 Å². The van der Waals surface area contributed by atoms with Crippen LogP contribution in [-0.2, 0) is 9.53 Å². The fourth-order valence-electron chi connectivity index (χ4n) is 3.62. The quantitative estimate of drug-likeness (QED) is 0.518. The number of carbonyl (C=O) groups excluding carboxylic acids is 1. The Morgan fingerprint density at radius 2 is 1.96 bits per heavy atom. The van der Waals surface area contributed by atoms with Crippen molar-refractivity contribution in [1.82, 2.24) is 14.8 Å². The number of esters is 1. The lowest BCUT2D eigenvalue weighted by molar-refractivity contribution is -0.139. The summed E-state index contributed by atoms with van der Waals surface area (Å²) in [5, 5.41) is 9.67. The van der Waals surface area contributed by atoms with Crippen LogP contribution < -0.4 is 4.74 Å². The van der Waals surface area contributed by atoms with Gasteiger partial charge in [0.25, 0.3) is 0 Å². The second-order valence-corrected chi connectivity index (χ2v) is 7.77. The number of ether oxygens (including phenoxy) is 2. The van der Waals surface area contributed by atoms with E-state index in [9.17, 15) is 4.79 Å². The molecule has 1 aliphatic carbocycles. The molecule has 0 bridgehead atoms.